The second-order valence-electron chi connectivity index (χ2n) is 12.4. The van der Waals surface area contributed by atoms with Gasteiger partial charge in [0.1, 0.15) is 28.9 Å². The number of aromatic nitrogens is 3. The highest BCUT2D eigenvalue weighted by Crippen LogP contribution is 2.45. The van der Waals surface area contributed by atoms with Crippen LogP contribution in [0.3, 0.4) is 0 Å². The highest BCUT2D eigenvalue weighted by molar-refractivity contribution is 6.34. The van der Waals surface area contributed by atoms with Crippen LogP contribution in [0, 0.1) is 5.82 Å². The van der Waals surface area contributed by atoms with Crippen molar-refractivity contribution in [1.29, 1.82) is 0 Å². The molecule has 3 aromatic heterocycles. The molecule has 0 aliphatic carbocycles. The van der Waals surface area contributed by atoms with Gasteiger partial charge in [0, 0.05) is 36.6 Å². The average Bonchev–Trinajstić information content (AvgIpc) is 2.99. The lowest BCUT2D eigenvalue weighted by Gasteiger charge is -2.50. The van der Waals surface area contributed by atoms with Crippen LogP contribution in [0.1, 0.15) is 33.4 Å². The standard InChI is InChI=1S/C33H32ClFN6O4/c1-7-24(43)39-15-17(2)40-22(16-39)31(44)38(6)28-27(40)18-14-19(34)26(25-20(35)10-8-12-23(25)42)37-30(18)41(32(28)45)21-11-9-13-36-29(21)33(3,4)5/h7-14,17,22,42H,1,15-16H2,2-6H3/t17-,22-/m1/s1. The van der Waals surface area contributed by atoms with Gasteiger partial charge in [-0.3, -0.25) is 23.9 Å². The second-order valence-corrected chi connectivity index (χ2v) is 12.8. The van der Waals surface area contributed by atoms with Crippen molar-refractivity contribution in [2.75, 3.05) is 29.9 Å². The molecule has 45 heavy (non-hydrogen) atoms. The van der Waals surface area contributed by atoms with Gasteiger partial charge in [0.2, 0.25) is 5.91 Å². The van der Waals surface area contributed by atoms with E-state index in [0.29, 0.717) is 22.5 Å². The van der Waals surface area contributed by atoms with Crippen LogP contribution in [0.15, 0.2) is 60.0 Å². The third-order valence-corrected chi connectivity index (χ3v) is 8.69. The lowest BCUT2D eigenvalue weighted by Crippen LogP contribution is -2.66. The SMILES string of the molecule is C=CC(=O)N1C[C@@H](C)N2c3c(c(=O)n(-c4cccnc4C(C)(C)C)c4nc(-c5c(O)cccc5F)c(Cl)cc34)N(C)C(=O)[C@H]2C1. The summed E-state index contributed by atoms with van der Waals surface area (Å²) in [7, 11) is 1.53. The zero-order valence-corrected chi connectivity index (χ0v) is 26.3. The molecule has 0 spiro atoms. The van der Waals surface area contributed by atoms with Crippen molar-refractivity contribution in [3.63, 3.8) is 0 Å². The van der Waals surface area contributed by atoms with Crippen molar-refractivity contribution in [3.8, 4) is 22.7 Å². The van der Waals surface area contributed by atoms with Crippen LogP contribution in [0.4, 0.5) is 15.8 Å². The molecule has 5 heterocycles. The molecule has 0 bridgehead atoms. The number of phenolic OH excluding ortho intramolecular Hbond substituents is 1. The van der Waals surface area contributed by atoms with Crippen molar-refractivity contribution in [2.24, 2.45) is 0 Å². The van der Waals surface area contributed by atoms with Crippen LogP contribution in [0.2, 0.25) is 5.02 Å². The summed E-state index contributed by atoms with van der Waals surface area (Å²) in [6, 6.07) is 7.72. The molecule has 2 aliphatic rings. The molecule has 2 amide bonds. The maximum absolute atomic E-state index is 15.2. The number of pyridine rings is 3. The number of nitrogens with zero attached hydrogens (tertiary/aromatic N) is 6. The molecule has 1 fully saturated rings. The molecule has 10 nitrogen and oxygen atoms in total. The fraction of sp³-hybridized carbons (Fsp3) is 0.303. The third kappa shape index (κ3) is 4.64. The summed E-state index contributed by atoms with van der Waals surface area (Å²) in [5.41, 5.74) is 0.384. The fourth-order valence-corrected chi connectivity index (χ4v) is 6.67. The number of amides is 2. The zero-order chi connectivity index (χ0) is 32.5. The molecule has 1 saturated heterocycles. The van der Waals surface area contributed by atoms with Gasteiger partial charge in [0.25, 0.3) is 11.5 Å². The van der Waals surface area contributed by atoms with Crippen LogP contribution in [0.25, 0.3) is 28.0 Å². The van der Waals surface area contributed by atoms with Crippen molar-refractivity contribution in [2.45, 2.75) is 45.2 Å². The molecule has 1 aromatic carbocycles. The minimum Gasteiger partial charge on any atom is -0.507 e. The van der Waals surface area contributed by atoms with E-state index in [9.17, 15) is 19.5 Å². The Balaban J connectivity index is 1.76. The number of aromatic hydroxyl groups is 1. The van der Waals surface area contributed by atoms with Gasteiger partial charge < -0.3 is 19.8 Å². The third-order valence-electron chi connectivity index (χ3n) is 8.40. The van der Waals surface area contributed by atoms with Crippen LogP contribution in [-0.2, 0) is 15.0 Å². The number of carbonyl (C=O) groups is 2. The molecule has 2 atom stereocenters. The average molecular weight is 631 g/mol. The van der Waals surface area contributed by atoms with Gasteiger partial charge in [-0.25, -0.2) is 9.37 Å². The lowest BCUT2D eigenvalue weighted by molar-refractivity contribution is -0.129. The lowest BCUT2D eigenvalue weighted by atomic mass is 9.90. The predicted molar refractivity (Wildman–Crippen MR) is 172 cm³/mol. The van der Waals surface area contributed by atoms with E-state index in [-0.39, 0.29) is 64.3 Å². The number of likely N-dealkylation sites (N-methyl/N-ethyl adjacent to an activating group) is 1. The number of hydrogen-bond acceptors (Lipinski definition) is 7. The first-order valence-corrected chi connectivity index (χ1v) is 14.8. The van der Waals surface area contributed by atoms with Gasteiger partial charge >= 0.3 is 0 Å². The molecule has 0 radical (unpaired) electrons. The molecule has 12 heteroatoms. The zero-order valence-electron chi connectivity index (χ0n) is 25.5. The molecular formula is C33H32ClFN6O4. The predicted octanol–water partition coefficient (Wildman–Crippen LogP) is 4.81. The van der Waals surface area contributed by atoms with E-state index in [0.717, 1.165) is 0 Å². The number of halogens is 2. The second kappa shape index (κ2) is 10.7. The minimum atomic E-state index is -0.800. The number of carbonyl (C=O) groups excluding carboxylic acids is 2. The summed E-state index contributed by atoms with van der Waals surface area (Å²) in [5, 5.41) is 11.1. The first-order chi connectivity index (χ1) is 21.3. The van der Waals surface area contributed by atoms with Crippen molar-refractivity contribution < 1.29 is 19.1 Å². The van der Waals surface area contributed by atoms with Crippen molar-refractivity contribution in [3.05, 3.63) is 82.1 Å². The Bertz CT molecular complexity index is 1970. The number of hydrogen-bond donors (Lipinski definition) is 1. The van der Waals surface area contributed by atoms with Gasteiger partial charge in [-0.2, -0.15) is 0 Å². The van der Waals surface area contributed by atoms with E-state index in [4.69, 9.17) is 16.6 Å². The summed E-state index contributed by atoms with van der Waals surface area (Å²) in [6.45, 7) is 11.7. The number of phenols is 1. The van der Waals surface area contributed by atoms with Gasteiger partial charge in [-0.15, -0.1) is 0 Å². The molecule has 232 valence electrons. The molecule has 6 rings (SSSR count). The van der Waals surface area contributed by atoms with Gasteiger partial charge in [-0.1, -0.05) is 45.0 Å². The molecular weight excluding hydrogens is 599 g/mol. The molecule has 1 N–H and O–H groups in total. The van der Waals surface area contributed by atoms with Crippen molar-refractivity contribution >= 4 is 45.8 Å². The number of anilines is 2. The van der Waals surface area contributed by atoms with Gasteiger partial charge in [0.05, 0.1) is 39.9 Å². The van der Waals surface area contributed by atoms with E-state index in [1.54, 1.807) is 29.3 Å². The fourth-order valence-electron chi connectivity index (χ4n) is 6.42. The first-order valence-electron chi connectivity index (χ1n) is 14.5. The van der Waals surface area contributed by atoms with E-state index < -0.39 is 22.8 Å². The minimum absolute atomic E-state index is 0.0294. The van der Waals surface area contributed by atoms with Crippen LogP contribution in [0.5, 0.6) is 5.75 Å². The molecule has 0 saturated carbocycles. The molecule has 4 aromatic rings. The highest BCUT2D eigenvalue weighted by Gasteiger charge is 2.46. The highest BCUT2D eigenvalue weighted by atomic mass is 35.5. The van der Waals surface area contributed by atoms with Crippen LogP contribution < -0.4 is 15.4 Å². The largest absolute Gasteiger partial charge is 0.507 e. The number of fused-ring (bicyclic) bond motifs is 5. The summed E-state index contributed by atoms with van der Waals surface area (Å²) in [4.78, 5) is 55.4. The van der Waals surface area contributed by atoms with Gasteiger partial charge in [0.15, 0.2) is 0 Å². The normalized spacial score (nSPS) is 18.2. The van der Waals surface area contributed by atoms with E-state index in [2.05, 4.69) is 11.6 Å². The maximum Gasteiger partial charge on any atom is 0.283 e. The Labute approximate surface area is 264 Å². The summed E-state index contributed by atoms with van der Waals surface area (Å²) < 4.78 is 16.6. The van der Waals surface area contributed by atoms with Crippen LogP contribution >= 0.6 is 11.6 Å². The van der Waals surface area contributed by atoms with Crippen LogP contribution in [-0.4, -0.2) is 68.6 Å². The Kier molecular flexibility index (Phi) is 7.19. The first kappa shape index (κ1) is 30.3. The number of rotatable bonds is 3. The van der Waals surface area contributed by atoms with E-state index in [1.807, 2.05) is 32.6 Å². The monoisotopic (exact) mass is 630 g/mol. The maximum atomic E-state index is 15.2. The van der Waals surface area contributed by atoms with E-state index >= 15 is 4.39 Å². The number of piperazine rings is 1. The quantitative estimate of drug-likeness (QED) is 0.323. The smallest absolute Gasteiger partial charge is 0.283 e. The number of benzene rings is 1. The Morgan fingerprint density at radius 3 is 2.56 bits per heavy atom. The summed E-state index contributed by atoms with van der Waals surface area (Å²) in [5.74, 6) is -1.76. The summed E-state index contributed by atoms with van der Waals surface area (Å²) in [6.07, 6.45) is 2.85. The van der Waals surface area contributed by atoms with E-state index in [1.165, 1.54) is 40.8 Å². The summed E-state index contributed by atoms with van der Waals surface area (Å²) >= 11 is 6.82. The Morgan fingerprint density at radius 2 is 1.89 bits per heavy atom. The van der Waals surface area contributed by atoms with Crippen molar-refractivity contribution in [1.82, 2.24) is 19.4 Å². The Hall–Kier alpha value is -4.77. The Morgan fingerprint density at radius 1 is 1.16 bits per heavy atom. The van der Waals surface area contributed by atoms with Gasteiger partial charge in [-0.05, 0) is 43.3 Å². The molecule has 2 aliphatic heterocycles. The topological polar surface area (TPSA) is 112 Å². The molecule has 0 unspecified atom stereocenters.